The number of Topliss-reactive ketones (excluding diaryl/α,β-unsaturated/α-hetero) is 1. The van der Waals surface area contributed by atoms with Crippen molar-refractivity contribution >= 4 is 17.2 Å². The van der Waals surface area contributed by atoms with Gasteiger partial charge in [-0.1, -0.05) is 82.8 Å². The van der Waals surface area contributed by atoms with E-state index in [4.69, 9.17) is 5.11 Å². The van der Waals surface area contributed by atoms with Gasteiger partial charge in [0.2, 0.25) is 11.4 Å². The molecule has 0 unspecified atom stereocenters. The number of aliphatic hydroxyl groups excluding tert-OH is 1. The van der Waals surface area contributed by atoms with Crippen molar-refractivity contribution in [1.29, 1.82) is 0 Å². The highest BCUT2D eigenvalue weighted by Gasteiger charge is 2.34. The van der Waals surface area contributed by atoms with Gasteiger partial charge in [0.15, 0.2) is 0 Å². The van der Waals surface area contributed by atoms with E-state index in [2.05, 4.69) is 0 Å². The summed E-state index contributed by atoms with van der Waals surface area (Å²) in [4.78, 5) is 12.3. The topological polar surface area (TPSA) is 63.4 Å². The first-order valence-electron chi connectivity index (χ1n) is 10.8. The van der Waals surface area contributed by atoms with Gasteiger partial charge in [-0.25, -0.2) is 0 Å². The highest BCUT2D eigenvalue weighted by molar-refractivity contribution is 6.46. The van der Waals surface area contributed by atoms with Crippen LogP contribution < -0.4 is 0 Å². The van der Waals surface area contributed by atoms with E-state index >= 15 is 0 Å². The van der Waals surface area contributed by atoms with Gasteiger partial charge in [0, 0.05) is 19.1 Å². The molecule has 0 aliphatic carbocycles. The zero-order chi connectivity index (χ0) is 19.3. The van der Waals surface area contributed by atoms with Gasteiger partial charge in [-0.3, -0.25) is 4.79 Å². The smallest absolute Gasteiger partial charge is 0.260 e. The van der Waals surface area contributed by atoms with Crippen molar-refractivity contribution < 1.29 is 14.6 Å². The maximum Gasteiger partial charge on any atom is 0.260 e. The van der Waals surface area contributed by atoms with Gasteiger partial charge in [-0.2, -0.15) is 4.74 Å². The number of rotatable bonds is 15. The fourth-order valence-corrected chi connectivity index (χ4v) is 3.80. The first-order valence-corrected chi connectivity index (χ1v) is 10.8. The van der Waals surface area contributed by atoms with Crippen LogP contribution in [0.15, 0.2) is 24.3 Å². The Labute approximate surface area is 163 Å². The van der Waals surface area contributed by atoms with Gasteiger partial charge in [0.1, 0.15) is 5.56 Å². The summed E-state index contributed by atoms with van der Waals surface area (Å²) >= 11 is 0. The van der Waals surface area contributed by atoms with Crippen molar-refractivity contribution in [2.75, 3.05) is 6.61 Å². The Bertz CT molecular complexity index is 609. The molecular weight excluding hydrogens is 338 g/mol. The van der Waals surface area contributed by atoms with Crippen molar-refractivity contribution in [3.05, 3.63) is 35.0 Å². The predicted octanol–water partition coefficient (Wildman–Crippen LogP) is 5.92. The normalized spacial score (nSPS) is 13.4. The van der Waals surface area contributed by atoms with Crippen LogP contribution in [0.5, 0.6) is 0 Å². The van der Waals surface area contributed by atoms with E-state index in [1.54, 1.807) is 18.2 Å². The number of hydrogen-bond donors (Lipinski definition) is 1. The van der Waals surface area contributed by atoms with Crippen LogP contribution in [0.3, 0.4) is 0 Å². The van der Waals surface area contributed by atoms with Crippen LogP contribution in [0.4, 0.5) is 5.69 Å². The summed E-state index contributed by atoms with van der Waals surface area (Å²) < 4.78 is 0.835. The second-order valence-electron chi connectivity index (χ2n) is 7.66. The van der Waals surface area contributed by atoms with Crippen LogP contribution >= 0.6 is 0 Å². The molecule has 1 N–H and O–H groups in total. The number of aliphatic hydroxyl groups is 1. The average molecular weight is 374 g/mol. The number of ketones is 1. The number of carbonyl (C=O) groups is 1. The minimum atomic E-state index is -0.0861. The van der Waals surface area contributed by atoms with Gasteiger partial charge in [-0.15, -0.1) is 0 Å². The van der Waals surface area contributed by atoms with E-state index < -0.39 is 0 Å². The van der Waals surface area contributed by atoms with Crippen LogP contribution in [0.2, 0.25) is 0 Å². The molecule has 1 aromatic rings. The Morgan fingerprint density at radius 1 is 0.741 bits per heavy atom. The Balaban J connectivity index is 1.45. The monoisotopic (exact) mass is 373 g/mol. The molecule has 1 aliphatic rings. The molecule has 0 saturated carbocycles. The molecular formula is C23H35NO3. The van der Waals surface area contributed by atoms with Crippen LogP contribution in [0.25, 0.3) is 0 Å². The molecule has 1 aromatic carbocycles. The third kappa shape index (κ3) is 7.10. The summed E-state index contributed by atoms with van der Waals surface area (Å²) in [5.41, 5.74) is 1.47. The summed E-state index contributed by atoms with van der Waals surface area (Å²) in [5.74, 6) is -0.0861. The van der Waals surface area contributed by atoms with Crippen molar-refractivity contribution in [3.63, 3.8) is 0 Å². The Morgan fingerprint density at radius 2 is 1.22 bits per heavy atom. The van der Waals surface area contributed by atoms with Crippen LogP contribution in [0, 0.1) is 5.21 Å². The molecule has 150 valence electrons. The number of carbonyl (C=O) groups excluding carboxylic acids is 1. The highest BCUT2D eigenvalue weighted by Crippen LogP contribution is 2.27. The quantitative estimate of drug-likeness (QED) is 0.236. The van der Waals surface area contributed by atoms with Crippen molar-refractivity contribution in [3.8, 4) is 0 Å². The van der Waals surface area contributed by atoms with Crippen LogP contribution in [0.1, 0.15) is 100 Å². The lowest BCUT2D eigenvalue weighted by Gasteiger charge is -2.03. The van der Waals surface area contributed by atoms with E-state index in [9.17, 15) is 10.0 Å². The summed E-state index contributed by atoms with van der Waals surface area (Å²) in [6, 6.07) is 7.08. The van der Waals surface area contributed by atoms with Gasteiger partial charge >= 0.3 is 0 Å². The van der Waals surface area contributed by atoms with Crippen LogP contribution in [-0.2, 0) is 0 Å². The first-order chi connectivity index (χ1) is 13.3. The van der Waals surface area contributed by atoms with E-state index in [1.165, 1.54) is 57.8 Å². The number of fused-ring (bicyclic) bond motifs is 1. The zero-order valence-corrected chi connectivity index (χ0v) is 16.6. The Morgan fingerprint density at radius 3 is 1.74 bits per heavy atom. The van der Waals surface area contributed by atoms with E-state index in [0.717, 1.165) is 30.4 Å². The van der Waals surface area contributed by atoms with E-state index in [0.29, 0.717) is 30.0 Å². The van der Waals surface area contributed by atoms with Crippen molar-refractivity contribution in [2.24, 2.45) is 0 Å². The van der Waals surface area contributed by atoms with E-state index in [1.807, 2.05) is 6.07 Å². The van der Waals surface area contributed by atoms with E-state index in [-0.39, 0.29) is 5.78 Å². The molecule has 0 bridgehead atoms. The second-order valence-corrected chi connectivity index (χ2v) is 7.66. The van der Waals surface area contributed by atoms with Crippen molar-refractivity contribution in [1.82, 2.24) is 0 Å². The Hall–Kier alpha value is -1.68. The standard InChI is InChI=1S/C23H35NO3/c25-19-15-11-9-7-5-3-1-2-4-6-8-10-12-18-22-23(26)20-16-13-14-17-21(20)24(22)27/h13-14,16-17,25H,1-12,15,18-19H2. The van der Waals surface area contributed by atoms with Gasteiger partial charge in [-0.05, 0) is 18.9 Å². The summed E-state index contributed by atoms with van der Waals surface area (Å²) in [6.45, 7) is 0.332. The van der Waals surface area contributed by atoms with Gasteiger partial charge in [0.05, 0.1) is 0 Å². The summed E-state index contributed by atoms with van der Waals surface area (Å²) in [6.07, 6.45) is 16.3. The summed E-state index contributed by atoms with van der Waals surface area (Å²) in [7, 11) is 0. The lowest BCUT2D eigenvalue weighted by Crippen LogP contribution is -2.14. The number of benzene rings is 1. The predicted molar refractivity (Wildman–Crippen MR) is 111 cm³/mol. The first kappa shape index (κ1) is 21.6. The third-order valence-electron chi connectivity index (χ3n) is 5.45. The number of nitrogens with zero attached hydrogens (tertiary/aromatic N) is 1. The molecule has 0 radical (unpaired) electrons. The lowest BCUT2D eigenvalue weighted by molar-refractivity contribution is -0.357. The molecule has 27 heavy (non-hydrogen) atoms. The molecule has 0 fully saturated rings. The minimum absolute atomic E-state index is 0.0861. The zero-order valence-electron chi connectivity index (χ0n) is 16.6. The number of para-hydroxylation sites is 1. The maximum absolute atomic E-state index is 12.3. The fourth-order valence-electron chi connectivity index (χ4n) is 3.80. The second kappa shape index (κ2) is 12.7. The SMILES string of the molecule is O=C1C(CCCCCCCCCCCCCCCO)=[N+]([O-])c2ccccc21. The van der Waals surface area contributed by atoms with Crippen molar-refractivity contribution in [2.45, 2.75) is 89.9 Å². The molecule has 0 amide bonds. The number of unbranched alkanes of at least 4 members (excludes halogenated alkanes) is 12. The highest BCUT2D eigenvalue weighted by atomic mass is 16.5. The largest absolute Gasteiger partial charge is 0.618 e. The maximum atomic E-state index is 12.3. The minimum Gasteiger partial charge on any atom is -0.618 e. The molecule has 0 atom stereocenters. The van der Waals surface area contributed by atoms with Crippen LogP contribution in [-0.4, -0.2) is 27.9 Å². The molecule has 0 aromatic heterocycles. The summed E-state index contributed by atoms with van der Waals surface area (Å²) in [5, 5.41) is 20.9. The Kier molecular flexibility index (Phi) is 10.1. The molecule has 2 rings (SSSR count). The average Bonchev–Trinajstić information content (AvgIpc) is 2.93. The van der Waals surface area contributed by atoms with Gasteiger partial charge < -0.3 is 10.3 Å². The number of hydrogen-bond acceptors (Lipinski definition) is 3. The molecule has 1 heterocycles. The third-order valence-corrected chi connectivity index (χ3v) is 5.45. The fraction of sp³-hybridized carbons (Fsp3) is 0.652. The molecule has 4 nitrogen and oxygen atoms in total. The molecule has 4 heteroatoms. The molecule has 0 saturated heterocycles. The molecule has 1 aliphatic heterocycles. The van der Waals surface area contributed by atoms with Gasteiger partial charge in [0.25, 0.3) is 5.78 Å². The molecule has 0 spiro atoms. The lowest BCUT2D eigenvalue weighted by atomic mass is 10.0.